The number of nitrogens with zero attached hydrogens (tertiary/aromatic N) is 2. The molecule has 0 N–H and O–H groups in total. The zero-order chi connectivity index (χ0) is 18.1. The van der Waals surface area contributed by atoms with Gasteiger partial charge >= 0.3 is 0 Å². The Bertz CT molecular complexity index is 1050. The standard InChI is InChI=1S/C23H24N2O/c1-3-16(2)25-23(26)21-14-7-6-13-20(21)22(24-25)15-18-11-8-10-17-9-4-5-12-19(17)18/h4-7,9,11-14,16H,3,8,10,15H2,1-2H3. The minimum absolute atomic E-state index is 0.0109. The van der Waals surface area contributed by atoms with E-state index in [0.29, 0.717) is 0 Å². The number of rotatable bonds is 4. The van der Waals surface area contributed by atoms with Crippen LogP contribution in [0.4, 0.5) is 0 Å². The van der Waals surface area contributed by atoms with E-state index in [4.69, 9.17) is 5.10 Å². The molecule has 4 rings (SSSR count). The van der Waals surface area contributed by atoms with Crippen LogP contribution in [-0.2, 0) is 12.8 Å². The summed E-state index contributed by atoms with van der Waals surface area (Å²) in [6, 6.07) is 16.6. The van der Waals surface area contributed by atoms with E-state index in [9.17, 15) is 4.79 Å². The first kappa shape index (κ1) is 16.8. The van der Waals surface area contributed by atoms with Crippen LogP contribution >= 0.6 is 0 Å². The monoisotopic (exact) mass is 344 g/mol. The normalized spacial score (nSPS) is 14.8. The molecule has 3 heteroatoms. The quantitative estimate of drug-likeness (QED) is 0.672. The molecule has 1 aromatic heterocycles. The van der Waals surface area contributed by atoms with Gasteiger partial charge in [0.25, 0.3) is 5.56 Å². The van der Waals surface area contributed by atoms with E-state index >= 15 is 0 Å². The predicted molar refractivity (Wildman–Crippen MR) is 107 cm³/mol. The Balaban J connectivity index is 1.86. The summed E-state index contributed by atoms with van der Waals surface area (Å²) in [5, 5.41) is 6.54. The van der Waals surface area contributed by atoms with Crippen LogP contribution in [-0.4, -0.2) is 9.78 Å². The van der Waals surface area contributed by atoms with Crippen LogP contribution in [0.5, 0.6) is 0 Å². The molecule has 2 aromatic carbocycles. The lowest BCUT2D eigenvalue weighted by Gasteiger charge is -2.20. The van der Waals surface area contributed by atoms with Gasteiger partial charge in [0.15, 0.2) is 0 Å². The SMILES string of the molecule is CCC(C)n1nc(CC2=CCCc3ccccc32)c2ccccc2c1=O. The van der Waals surface area contributed by atoms with E-state index in [1.54, 1.807) is 4.68 Å². The summed E-state index contributed by atoms with van der Waals surface area (Å²) < 4.78 is 1.67. The highest BCUT2D eigenvalue weighted by Gasteiger charge is 2.17. The molecule has 1 atom stereocenters. The van der Waals surface area contributed by atoms with Crippen LogP contribution in [0, 0.1) is 0 Å². The van der Waals surface area contributed by atoms with Crippen LogP contribution in [0.15, 0.2) is 59.4 Å². The molecule has 0 spiro atoms. The first-order chi connectivity index (χ1) is 12.7. The molecule has 0 radical (unpaired) electrons. The molecule has 1 aliphatic carbocycles. The summed E-state index contributed by atoms with van der Waals surface area (Å²) in [5.74, 6) is 0. The minimum atomic E-state index is 0.0109. The molecule has 1 aliphatic rings. The Kier molecular flexibility index (Phi) is 4.46. The Hall–Kier alpha value is -2.68. The van der Waals surface area contributed by atoms with E-state index in [-0.39, 0.29) is 11.6 Å². The van der Waals surface area contributed by atoms with Crippen LogP contribution in [0.2, 0.25) is 0 Å². The summed E-state index contributed by atoms with van der Waals surface area (Å²) in [7, 11) is 0. The lowest BCUT2D eigenvalue weighted by molar-refractivity contribution is 0.453. The smallest absolute Gasteiger partial charge is 0.267 e. The van der Waals surface area contributed by atoms with Crippen LogP contribution < -0.4 is 5.56 Å². The molecule has 26 heavy (non-hydrogen) atoms. The van der Waals surface area contributed by atoms with Crippen molar-refractivity contribution >= 4 is 16.3 Å². The Morgan fingerprint density at radius 3 is 2.62 bits per heavy atom. The lowest BCUT2D eigenvalue weighted by atomic mass is 9.88. The van der Waals surface area contributed by atoms with E-state index < -0.39 is 0 Å². The van der Waals surface area contributed by atoms with Gasteiger partial charge < -0.3 is 0 Å². The number of aryl methyl sites for hydroxylation is 1. The summed E-state index contributed by atoms with van der Waals surface area (Å²) in [6.07, 6.45) is 6.14. The van der Waals surface area contributed by atoms with E-state index in [2.05, 4.69) is 44.2 Å². The third-order valence-corrected chi connectivity index (χ3v) is 5.44. The predicted octanol–water partition coefficient (Wildman–Crippen LogP) is 4.94. The van der Waals surface area contributed by atoms with E-state index in [1.807, 2.05) is 24.3 Å². The van der Waals surface area contributed by atoms with Crippen molar-refractivity contribution in [3.8, 4) is 0 Å². The highest BCUT2D eigenvalue weighted by molar-refractivity contribution is 5.85. The number of hydrogen-bond donors (Lipinski definition) is 0. The second-order valence-electron chi connectivity index (χ2n) is 7.10. The van der Waals surface area contributed by atoms with Gasteiger partial charge in [-0.15, -0.1) is 0 Å². The van der Waals surface area contributed by atoms with Crippen molar-refractivity contribution in [2.75, 3.05) is 0 Å². The zero-order valence-electron chi connectivity index (χ0n) is 15.4. The van der Waals surface area contributed by atoms with Crippen molar-refractivity contribution in [2.45, 2.75) is 45.6 Å². The maximum Gasteiger partial charge on any atom is 0.274 e. The lowest BCUT2D eigenvalue weighted by Crippen LogP contribution is -2.27. The van der Waals surface area contributed by atoms with Gasteiger partial charge in [-0.3, -0.25) is 4.79 Å². The molecule has 3 nitrogen and oxygen atoms in total. The molecule has 1 heterocycles. The minimum Gasteiger partial charge on any atom is -0.267 e. The summed E-state index contributed by atoms with van der Waals surface area (Å²) >= 11 is 0. The molecule has 0 saturated carbocycles. The highest BCUT2D eigenvalue weighted by Crippen LogP contribution is 2.30. The fourth-order valence-electron chi connectivity index (χ4n) is 3.79. The summed E-state index contributed by atoms with van der Waals surface area (Å²) in [5.41, 5.74) is 5.05. The van der Waals surface area contributed by atoms with Gasteiger partial charge in [-0.1, -0.05) is 55.5 Å². The van der Waals surface area contributed by atoms with Crippen molar-refractivity contribution in [3.63, 3.8) is 0 Å². The fraction of sp³-hybridized carbons (Fsp3) is 0.304. The summed E-state index contributed by atoms with van der Waals surface area (Å²) in [6.45, 7) is 4.15. The topological polar surface area (TPSA) is 34.9 Å². The average Bonchev–Trinajstić information content (AvgIpc) is 2.70. The van der Waals surface area contributed by atoms with Crippen molar-refractivity contribution in [2.24, 2.45) is 0 Å². The fourth-order valence-corrected chi connectivity index (χ4v) is 3.79. The van der Waals surface area contributed by atoms with Gasteiger partial charge in [0.1, 0.15) is 0 Å². The second kappa shape index (κ2) is 6.91. The number of fused-ring (bicyclic) bond motifs is 2. The molecular formula is C23H24N2O. The van der Waals surface area contributed by atoms with Crippen molar-refractivity contribution < 1.29 is 0 Å². The van der Waals surface area contributed by atoms with E-state index in [0.717, 1.165) is 42.1 Å². The maximum atomic E-state index is 12.9. The maximum absolute atomic E-state index is 12.9. The third kappa shape index (κ3) is 2.88. The van der Waals surface area contributed by atoms with Gasteiger partial charge in [0, 0.05) is 11.8 Å². The largest absolute Gasteiger partial charge is 0.274 e. The van der Waals surface area contributed by atoms with Gasteiger partial charge in [0.05, 0.1) is 17.1 Å². The molecular weight excluding hydrogens is 320 g/mol. The second-order valence-corrected chi connectivity index (χ2v) is 7.10. The van der Waals surface area contributed by atoms with Crippen molar-refractivity contribution in [1.29, 1.82) is 0 Å². The first-order valence-corrected chi connectivity index (χ1v) is 9.46. The Labute approximate surface area is 154 Å². The molecule has 0 saturated heterocycles. The van der Waals surface area contributed by atoms with Gasteiger partial charge in [-0.25, -0.2) is 4.68 Å². The molecule has 132 valence electrons. The Morgan fingerprint density at radius 1 is 1.08 bits per heavy atom. The molecule has 0 bridgehead atoms. The van der Waals surface area contributed by atoms with Crippen LogP contribution in [0.25, 0.3) is 16.3 Å². The van der Waals surface area contributed by atoms with E-state index in [1.165, 1.54) is 16.7 Å². The molecule has 0 aliphatic heterocycles. The molecule has 3 aromatic rings. The van der Waals surface area contributed by atoms with Crippen molar-refractivity contribution in [1.82, 2.24) is 9.78 Å². The van der Waals surface area contributed by atoms with Crippen LogP contribution in [0.3, 0.4) is 0 Å². The molecule has 1 unspecified atom stereocenters. The van der Waals surface area contributed by atoms with Gasteiger partial charge in [0.2, 0.25) is 0 Å². The first-order valence-electron chi connectivity index (χ1n) is 9.46. The highest BCUT2D eigenvalue weighted by atomic mass is 16.1. The zero-order valence-corrected chi connectivity index (χ0v) is 15.4. The number of hydrogen-bond acceptors (Lipinski definition) is 2. The molecule has 0 fully saturated rings. The molecule has 0 amide bonds. The number of aromatic nitrogens is 2. The summed E-state index contributed by atoms with van der Waals surface area (Å²) in [4.78, 5) is 12.9. The van der Waals surface area contributed by atoms with Gasteiger partial charge in [-0.2, -0.15) is 5.10 Å². The van der Waals surface area contributed by atoms with Crippen LogP contribution in [0.1, 0.15) is 49.6 Å². The number of allylic oxidation sites excluding steroid dienone is 2. The third-order valence-electron chi connectivity index (χ3n) is 5.44. The number of benzene rings is 2. The Morgan fingerprint density at radius 2 is 1.81 bits per heavy atom. The average molecular weight is 344 g/mol. The van der Waals surface area contributed by atoms with Crippen molar-refractivity contribution in [3.05, 3.63) is 81.8 Å². The van der Waals surface area contributed by atoms with Gasteiger partial charge in [-0.05, 0) is 49.0 Å².